The summed E-state index contributed by atoms with van der Waals surface area (Å²) in [6.45, 7) is 3.84. The topological polar surface area (TPSA) is 85.1 Å². The average molecular weight is 373 g/mol. The van der Waals surface area contributed by atoms with Gasteiger partial charge in [0.2, 0.25) is 0 Å². The van der Waals surface area contributed by atoms with Gasteiger partial charge in [-0.1, -0.05) is 12.1 Å². The number of nitro benzene ring substituents is 1. The molecule has 128 valence electrons. The fourth-order valence-electron chi connectivity index (χ4n) is 2.42. The predicted octanol–water partition coefficient (Wildman–Crippen LogP) is 4.33. The number of benzene rings is 1. The standard InChI is InChI=1S/C17H15N3O3S2/c1-10-12(5-3-6-13(10)20(22)23)16(21)18-9-15-11(2)19-17(25-15)14-7-4-8-24-14/h3-8H,9H2,1-2H3,(H,18,21). The molecule has 1 amide bonds. The maximum atomic E-state index is 12.4. The van der Waals surface area contributed by atoms with Crippen LogP contribution in [0.1, 0.15) is 26.5 Å². The molecule has 0 aliphatic heterocycles. The Kier molecular flexibility index (Phi) is 4.91. The summed E-state index contributed by atoms with van der Waals surface area (Å²) in [5, 5.41) is 16.8. The average Bonchev–Trinajstić information content (AvgIpc) is 3.22. The van der Waals surface area contributed by atoms with Crippen molar-refractivity contribution < 1.29 is 9.72 Å². The van der Waals surface area contributed by atoms with Gasteiger partial charge in [0.15, 0.2) is 0 Å². The Morgan fingerprint density at radius 3 is 2.76 bits per heavy atom. The Morgan fingerprint density at radius 1 is 1.28 bits per heavy atom. The number of carbonyl (C=O) groups is 1. The van der Waals surface area contributed by atoms with Gasteiger partial charge in [-0.25, -0.2) is 4.98 Å². The van der Waals surface area contributed by atoms with E-state index in [-0.39, 0.29) is 11.6 Å². The van der Waals surface area contributed by atoms with E-state index in [4.69, 9.17) is 0 Å². The van der Waals surface area contributed by atoms with Crippen LogP contribution < -0.4 is 5.32 Å². The molecule has 0 saturated heterocycles. The van der Waals surface area contributed by atoms with Crippen LogP contribution in [0.15, 0.2) is 35.7 Å². The van der Waals surface area contributed by atoms with Crippen molar-refractivity contribution in [3.8, 4) is 9.88 Å². The molecule has 0 saturated carbocycles. The van der Waals surface area contributed by atoms with Gasteiger partial charge in [-0.3, -0.25) is 14.9 Å². The minimum atomic E-state index is -0.479. The monoisotopic (exact) mass is 373 g/mol. The first-order chi connectivity index (χ1) is 12.0. The molecule has 25 heavy (non-hydrogen) atoms. The summed E-state index contributed by atoms with van der Waals surface area (Å²) in [4.78, 5) is 29.6. The highest BCUT2D eigenvalue weighted by Crippen LogP contribution is 2.31. The molecular formula is C17H15N3O3S2. The van der Waals surface area contributed by atoms with Crippen LogP contribution in [0.3, 0.4) is 0 Å². The smallest absolute Gasteiger partial charge is 0.273 e. The number of nitrogens with zero attached hydrogens (tertiary/aromatic N) is 2. The van der Waals surface area contributed by atoms with Crippen molar-refractivity contribution in [3.63, 3.8) is 0 Å². The molecule has 0 bridgehead atoms. The maximum Gasteiger partial charge on any atom is 0.273 e. The summed E-state index contributed by atoms with van der Waals surface area (Å²) in [7, 11) is 0. The van der Waals surface area contributed by atoms with E-state index in [1.54, 1.807) is 35.7 Å². The summed E-state index contributed by atoms with van der Waals surface area (Å²) in [5.41, 5.74) is 1.51. The number of aromatic nitrogens is 1. The van der Waals surface area contributed by atoms with E-state index in [0.29, 0.717) is 17.7 Å². The molecule has 1 N–H and O–H groups in total. The maximum absolute atomic E-state index is 12.4. The number of aryl methyl sites for hydroxylation is 1. The molecule has 1 aromatic carbocycles. The summed E-state index contributed by atoms with van der Waals surface area (Å²) >= 11 is 3.17. The molecule has 6 nitrogen and oxygen atoms in total. The molecule has 2 aromatic heterocycles. The Bertz CT molecular complexity index is 933. The number of thiazole rings is 1. The van der Waals surface area contributed by atoms with Crippen molar-refractivity contribution >= 4 is 34.3 Å². The SMILES string of the molecule is Cc1nc(-c2cccs2)sc1CNC(=O)c1cccc([N+](=O)[O-])c1C. The molecule has 0 spiro atoms. The zero-order valence-corrected chi connectivity index (χ0v) is 15.2. The Labute approximate surface area is 152 Å². The lowest BCUT2D eigenvalue weighted by molar-refractivity contribution is -0.385. The van der Waals surface area contributed by atoms with Crippen LogP contribution >= 0.6 is 22.7 Å². The van der Waals surface area contributed by atoms with E-state index in [1.165, 1.54) is 12.1 Å². The highest BCUT2D eigenvalue weighted by Gasteiger charge is 2.18. The van der Waals surface area contributed by atoms with Crippen LogP contribution in [0.25, 0.3) is 9.88 Å². The van der Waals surface area contributed by atoms with Gasteiger partial charge in [0.25, 0.3) is 11.6 Å². The van der Waals surface area contributed by atoms with E-state index < -0.39 is 4.92 Å². The molecule has 8 heteroatoms. The zero-order chi connectivity index (χ0) is 18.0. The Morgan fingerprint density at radius 2 is 2.08 bits per heavy atom. The van der Waals surface area contributed by atoms with Gasteiger partial charge in [-0.05, 0) is 31.4 Å². The Balaban J connectivity index is 1.75. The van der Waals surface area contributed by atoms with Gasteiger partial charge in [-0.2, -0.15) is 0 Å². The van der Waals surface area contributed by atoms with Crippen molar-refractivity contribution in [3.05, 3.63) is 67.5 Å². The van der Waals surface area contributed by atoms with Crippen molar-refractivity contribution in [1.29, 1.82) is 0 Å². The van der Waals surface area contributed by atoms with Gasteiger partial charge in [0.1, 0.15) is 5.01 Å². The predicted molar refractivity (Wildman–Crippen MR) is 99.2 cm³/mol. The minimum absolute atomic E-state index is 0.0541. The van der Waals surface area contributed by atoms with Crippen LogP contribution in [0.4, 0.5) is 5.69 Å². The third-order valence-corrected chi connectivity index (χ3v) is 5.98. The first-order valence-corrected chi connectivity index (χ1v) is 9.19. The lowest BCUT2D eigenvalue weighted by Crippen LogP contribution is -2.23. The highest BCUT2D eigenvalue weighted by molar-refractivity contribution is 7.21. The lowest BCUT2D eigenvalue weighted by Gasteiger charge is -2.07. The van der Waals surface area contributed by atoms with E-state index in [9.17, 15) is 14.9 Å². The van der Waals surface area contributed by atoms with Crippen molar-refractivity contribution in [2.45, 2.75) is 20.4 Å². The van der Waals surface area contributed by atoms with Crippen LogP contribution in [-0.2, 0) is 6.54 Å². The summed E-state index contributed by atoms with van der Waals surface area (Å²) < 4.78 is 0. The normalized spacial score (nSPS) is 10.6. The van der Waals surface area contributed by atoms with E-state index in [2.05, 4.69) is 10.3 Å². The Hall–Kier alpha value is -2.58. The quantitative estimate of drug-likeness (QED) is 0.533. The number of nitro groups is 1. The van der Waals surface area contributed by atoms with Crippen molar-refractivity contribution in [1.82, 2.24) is 10.3 Å². The first-order valence-electron chi connectivity index (χ1n) is 7.49. The number of rotatable bonds is 5. The van der Waals surface area contributed by atoms with Gasteiger partial charge in [0.05, 0.1) is 22.0 Å². The molecule has 0 aliphatic carbocycles. The summed E-state index contributed by atoms with van der Waals surface area (Å²) in [6.07, 6.45) is 0. The van der Waals surface area contributed by atoms with E-state index >= 15 is 0 Å². The summed E-state index contributed by atoms with van der Waals surface area (Å²) in [5.74, 6) is -0.327. The molecule has 0 radical (unpaired) electrons. The highest BCUT2D eigenvalue weighted by atomic mass is 32.1. The molecule has 3 rings (SSSR count). The number of nitrogens with one attached hydrogen (secondary N) is 1. The third kappa shape index (κ3) is 3.59. The van der Waals surface area contributed by atoms with Crippen molar-refractivity contribution in [2.24, 2.45) is 0 Å². The second kappa shape index (κ2) is 7.12. The minimum Gasteiger partial charge on any atom is -0.347 e. The lowest BCUT2D eigenvalue weighted by atomic mass is 10.1. The van der Waals surface area contributed by atoms with Crippen LogP contribution in [0, 0.1) is 24.0 Å². The fourth-order valence-corrected chi connectivity index (χ4v) is 4.22. The number of hydrogen-bond acceptors (Lipinski definition) is 6. The first kappa shape index (κ1) is 17.2. The molecule has 0 unspecified atom stereocenters. The van der Waals surface area contributed by atoms with Gasteiger partial charge >= 0.3 is 0 Å². The number of carbonyl (C=O) groups excluding carboxylic acids is 1. The molecule has 0 fully saturated rings. The molecular weight excluding hydrogens is 358 g/mol. The second-order valence-corrected chi connectivity index (χ2v) is 7.43. The third-order valence-electron chi connectivity index (χ3n) is 3.78. The number of hydrogen-bond donors (Lipinski definition) is 1. The molecule has 3 aromatic rings. The fraction of sp³-hybridized carbons (Fsp3) is 0.176. The second-order valence-electron chi connectivity index (χ2n) is 5.39. The number of amides is 1. The van der Waals surface area contributed by atoms with Crippen LogP contribution in [0.2, 0.25) is 0 Å². The van der Waals surface area contributed by atoms with Gasteiger partial charge in [-0.15, -0.1) is 22.7 Å². The molecule has 2 heterocycles. The van der Waals surface area contributed by atoms with Crippen LogP contribution in [-0.4, -0.2) is 15.8 Å². The van der Waals surface area contributed by atoms with E-state index in [0.717, 1.165) is 20.5 Å². The van der Waals surface area contributed by atoms with Crippen molar-refractivity contribution in [2.75, 3.05) is 0 Å². The molecule has 0 aliphatic rings. The number of thiophene rings is 1. The summed E-state index contributed by atoms with van der Waals surface area (Å²) in [6, 6.07) is 8.49. The molecule has 0 atom stereocenters. The van der Waals surface area contributed by atoms with E-state index in [1.807, 2.05) is 24.4 Å². The van der Waals surface area contributed by atoms with Gasteiger partial charge < -0.3 is 5.32 Å². The van der Waals surface area contributed by atoms with Gasteiger partial charge in [0, 0.05) is 22.1 Å². The van der Waals surface area contributed by atoms with Crippen LogP contribution in [0.5, 0.6) is 0 Å². The largest absolute Gasteiger partial charge is 0.347 e. The zero-order valence-electron chi connectivity index (χ0n) is 13.6.